The molecular weight excluding hydrogens is 280 g/mol. The van der Waals surface area contributed by atoms with Crippen LogP contribution in [0.2, 0.25) is 0 Å². The second-order valence-electron chi connectivity index (χ2n) is 5.68. The van der Waals surface area contributed by atoms with Crippen molar-refractivity contribution in [3.8, 4) is 0 Å². The summed E-state index contributed by atoms with van der Waals surface area (Å²) in [6, 6.07) is -0.488. The molecule has 0 aromatic heterocycles. The largest absolute Gasteiger partial charge is 0.480 e. The van der Waals surface area contributed by atoms with Crippen molar-refractivity contribution in [1.82, 2.24) is 4.90 Å². The number of carboxylic acids is 1. The smallest absolute Gasteiger partial charge is 0.323 e. The Morgan fingerprint density at radius 1 is 1.65 bits per heavy atom. The van der Waals surface area contributed by atoms with Gasteiger partial charge in [0.15, 0.2) is 0 Å². The number of fused-ring (bicyclic) bond motifs is 1. The maximum absolute atomic E-state index is 12.0. The average Bonchev–Trinajstić information content (AvgIpc) is 2.72. The van der Waals surface area contributed by atoms with E-state index in [1.807, 2.05) is 6.92 Å². The number of β-lactam (4-membered cyclic amide) rings is 1. The van der Waals surface area contributed by atoms with Gasteiger partial charge in [-0.1, -0.05) is 19.8 Å². The Morgan fingerprint density at radius 3 is 2.80 bits per heavy atom. The lowest BCUT2D eigenvalue weighted by Crippen LogP contribution is -2.61. The third-order valence-electron chi connectivity index (χ3n) is 4.27. The van der Waals surface area contributed by atoms with Crippen LogP contribution in [0.25, 0.3) is 0 Å². The Labute approximate surface area is 122 Å². The van der Waals surface area contributed by atoms with Gasteiger partial charge < -0.3 is 20.8 Å². The summed E-state index contributed by atoms with van der Waals surface area (Å²) in [4.78, 5) is 25.2. The number of carbonyl (C=O) groups excluding carboxylic acids is 1. The molecule has 5 atom stereocenters. The van der Waals surface area contributed by atoms with Gasteiger partial charge in [0.05, 0.1) is 17.4 Å². The molecule has 0 aromatic rings. The number of hydrogen-bond acceptors (Lipinski definition) is 5. The van der Waals surface area contributed by atoms with Gasteiger partial charge in [0.25, 0.3) is 0 Å². The topological polar surface area (TPSA) is 104 Å². The fourth-order valence-electron chi connectivity index (χ4n) is 2.94. The molecule has 4 N–H and O–H groups in total. The van der Waals surface area contributed by atoms with Gasteiger partial charge in [0.2, 0.25) is 5.91 Å². The predicted octanol–water partition coefficient (Wildman–Crippen LogP) is 0.239. The maximum atomic E-state index is 12.0. The van der Waals surface area contributed by atoms with Crippen LogP contribution in [0.5, 0.6) is 0 Å². The summed E-state index contributed by atoms with van der Waals surface area (Å²) >= 11 is 1.24. The summed E-state index contributed by atoms with van der Waals surface area (Å²) in [5, 5.41) is 19.0. The van der Waals surface area contributed by atoms with E-state index >= 15 is 0 Å². The molecule has 2 rings (SSSR count). The van der Waals surface area contributed by atoms with Gasteiger partial charge >= 0.3 is 5.97 Å². The van der Waals surface area contributed by atoms with Crippen molar-refractivity contribution in [2.75, 3.05) is 6.54 Å². The highest BCUT2D eigenvalue weighted by molar-refractivity contribution is 8.02. The molecule has 0 radical (unpaired) electrons. The number of nitrogens with zero attached hydrogens (tertiary/aromatic N) is 1. The third kappa shape index (κ3) is 2.21. The Balaban J connectivity index is 2.17. The summed E-state index contributed by atoms with van der Waals surface area (Å²) in [6.07, 6.45) is 1.70. The standard InChI is InChI=1S/C13H22N2O4S/c1-3-4-5-8(14)13(12(18)19)6-15-10(17)9(7(2)16)11(15)20-13/h7-9,11,16H,3-6,14H2,1-2H3,(H,18,19)/t7?,8?,9-,11+,13?/m0/s1. The average molecular weight is 302 g/mol. The molecule has 6 nitrogen and oxygen atoms in total. The summed E-state index contributed by atoms with van der Waals surface area (Å²) in [5.41, 5.74) is 6.12. The van der Waals surface area contributed by atoms with E-state index in [0.29, 0.717) is 6.42 Å². The van der Waals surface area contributed by atoms with E-state index in [2.05, 4.69) is 0 Å². The van der Waals surface area contributed by atoms with Crippen molar-refractivity contribution >= 4 is 23.6 Å². The quantitative estimate of drug-likeness (QED) is 0.607. The van der Waals surface area contributed by atoms with E-state index in [1.165, 1.54) is 11.8 Å². The van der Waals surface area contributed by atoms with Crippen LogP contribution in [0.4, 0.5) is 0 Å². The van der Waals surface area contributed by atoms with Gasteiger partial charge in [-0.05, 0) is 13.3 Å². The minimum absolute atomic E-state index is 0.143. The highest BCUT2D eigenvalue weighted by Crippen LogP contribution is 2.52. The van der Waals surface area contributed by atoms with Gasteiger partial charge in [0, 0.05) is 12.6 Å². The van der Waals surface area contributed by atoms with Crippen LogP contribution in [0, 0.1) is 5.92 Å². The van der Waals surface area contributed by atoms with Crippen LogP contribution in [0.15, 0.2) is 0 Å². The Kier molecular flexibility index (Phi) is 4.32. The lowest BCUT2D eigenvalue weighted by atomic mass is 9.89. The number of aliphatic hydroxyl groups is 1. The Bertz CT molecular complexity index is 417. The first kappa shape index (κ1) is 15.6. The maximum Gasteiger partial charge on any atom is 0.323 e. The van der Waals surface area contributed by atoms with Gasteiger partial charge in [-0.25, -0.2) is 0 Å². The molecule has 0 bridgehead atoms. The van der Waals surface area contributed by atoms with Crippen molar-refractivity contribution < 1.29 is 19.8 Å². The van der Waals surface area contributed by atoms with Crippen molar-refractivity contribution in [2.45, 2.75) is 55.4 Å². The zero-order valence-electron chi connectivity index (χ0n) is 11.8. The number of unbranched alkanes of at least 4 members (excludes halogenated alkanes) is 1. The summed E-state index contributed by atoms with van der Waals surface area (Å²) in [7, 11) is 0. The molecule has 0 saturated carbocycles. The zero-order chi connectivity index (χ0) is 15.1. The summed E-state index contributed by atoms with van der Waals surface area (Å²) in [6.45, 7) is 3.74. The molecule has 0 aliphatic carbocycles. The fourth-order valence-corrected chi connectivity index (χ4v) is 4.78. The van der Waals surface area contributed by atoms with Crippen molar-refractivity contribution in [3.05, 3.63) is 0 Å². The van der Waals surface area contributed by atoms with Crippen LogP contribution >= 0.6 is 11.8 Å². The minimum atomic E-state index is -1.14. The monoisotopic (exact) mass is 302 g/mol. The number of thioether (sulfide) groups is 1. The lowest BCUT2D eigenvalue weighted by Gasteiger charge is -2.42. The number of carbonyl (C=O) groups is 2. The number of nitrogens with two attached hydrogens (primary N) is 1. The van der Waals surface area contributed by atoms with Crippen molar-refractivity contribution in [1.29, 1.82) is 0 Å². The lowest BCUT2D eigenvalue weighted by molar-refractivity contribution is -0.156. The van der Waals surface area contributed by atoms with E-state index in [4.69, 9.17) is 5.73 Å². The molecule has 1 amide bonds. The second kappa shape index (κ2) is 5.54. The molecule has 0 spiro atoms. The van der Waals surface area contributed by atoms with E-state index in [-0.39, 0.29) is 17.8 Å². The number of amides is 1. The van der Waals surface area contributed by atoms with Gasteiger partial charge in [-0.15, -0.1) is 11.8 Å². The molecule has 2 aliphatic heterocycles. The molecule has 2 saturated heterocycles. The number of hydrogen-bond donors (Lipinski definition) is 3. The van der Waals surface area contributed by atoms with E-state index in [0.717, 1.165) is 12.8 Å². The molecule has 2 fully saturated rings. The van der Waals surface area contributed by atoms with E-state index in [1.54, 1.807) is 11.8 Å². The molecule has 2 heterocycles. The zero-order valence-corrected chi connectivity index (χ0v) is 12.6. The molecular formula is C13H22N2O4S. The number of aliphatic carboxylic acids is 1. The first-order valence-corrected chi connectivity index (χ1v) is 7.88. The normalized spacial score (nSPS) is 35.4. The number of carboxylic acid groups (broad SMARTS) is 1. The Morgan fingerprint density at radius 2 is 2.30 bits per heavy atom. The van der Waals surface area contributed by atoms with Crippen LogP contribution < -0.4 is 5.73 Å². The van der Waals surface area contributed by atoms with Crippen LogP contribution in [-0.4, -0.2) is 55.8 Å². The molecule has 2 aliphatic rings. The van der Waals surface area contributed by atoms with Crippen LogP contribution in [0.3, 0.4) is 0 Å². The molecule has 20 heavy (non-hydrogen) atoms. The predicted molar refractivity (Wildman–Crippen MR) is 76.1 cm³/mol. The first-order chi connectivity index (χ1) is 9.35. The van der Waals surface area contributed by atoms with Gasteiger partial charge in [-0.2, -0.15) is 0 Å². The number of aliphatic hydroxyl groups excluding tert-OH is 1. The fraction of sp³-hybridized carbons (Fsp3) is 0.846. The van der Waals surface area contributed by atoms with Crippen molar-refractivity contribution in [3.63, 3.8) is 0 Å². The van der Waals surface area contributed by atoms with Crippen molar-refractivity contribution in [2.24, 2.45) is 11.7 Å². The van der Waals surface area contributed by atoms with Gasteiger partial charge in [-0.3, -0.25) is 9.59 Å². The van der Waals surface area contributed by atoms with Gasteiger partial charge in [0.1, 0.15) is 4.75 Å². The molecule has 3 unspecified atom stereocenters. The SMILES string of the molecule is CCCCC(N)C1(C(=O)O)CN2C(=O)[C@H](C(C)O)[C@H]2S1. The van der Waals surface area contributed by atoms with Crippen LogP contribution in [0.1, 0.15) is 33.1 Å². The van der Waals surface area contributed by atoms with Crippen LogP contribution in [-0.2, 0) is 9.59 Å². The minimum Gasteiger partial charge on any atom is -0.480 e. The molecule has 114 valence electrons. The summed E-state index contributed by atoms with van der Waals surface area (Å²) in [5.74, 6) is -1.62. The Hall–Kier alpha value is -0.790. The highest BCUT2D eigenvalue weighted by Gasteiger charge is 2.64. The molecule has 0 aromatic carbocycles. The third-order valence-corrected chi connectivity index (χ3v) is 6.08. The number of rotatable bonds is 6. The highest BCUT2D eigenvalue weighted by atomic mass is 32.2. The van der Waals surface area contributed by atoms with E-state index < -0.39 is 28.8 Å². The summed E-state index contributed by atoms with van der Waals surface area (Å²) < 4.78 is -1.14. The second-order valence-corrected chi connectivity index (χ2v) is 7.13. The first-order valence-electron chi connectivity index (χ1n) is 7.00. The van der Waals surface area contributed by atoms with E-state index in [9.17, 15) is 19.8 Å². The molecule has 7 heteroatoms.